The highest BCUT2D eigenvalue weighted by Crippen LogP contribution is 2.29. The van der Waals surface area contributed by atoms with Crippen molar-refractivity contribution in [3.8, 4) is 0 Å². The number of sulfonamides is 1. The van der Waals surface area contributed by atoms with Gasteiger partial charge in [-0.2, -0.15) is 0 Å². The molecule has 1 saturated carbocycles. The number of hydrogen-bond acceptors (Lipinski definition) is 3. The Morgan fingerprint density at radius 2 is 2.07 bits per heavy atom. The van der Waals surface area contributed by atoms with Gasteiger partial charge >= 0.3 is 0 Å². The highest BCUT2D eigenvalue weighted by Gasteiger charge is 2.35. The van der Waals surface area contributed by atoms with Gasteiger partial charge < -0.3 is 0 Å². The molecule has 1 atom stereocenters. The molecular weight excluding hydrogens is 224 g/mol. The maximum atomic E-state index is 11.2. The first-order valence-electron chi connectivity index (χ1n) is 4.91. The van der Waals surface area contributed by atoms with Crippen LogP contribution in [0, 0.1) is 0 Å². The van der Waals surface area contributed by atoms with Crippen molar-refractivity contribution in [2.45, 2.75) is 31.3 Å². The summed E-state index contributed by atoms with van der Waals surface area (Å²) < 4.78 is 25.0. The molecule has 0 aromatic rings. The lowest BCUT2D eigenvalue weighted by atomic mass is 10.3. The number of nitrogens with zero attached hydrogens (tertiary/aromatic N) is 1. The first-order valence-corrected chi connectivity index (χ1v) is 7.09. The topological polar surface area (TPSA) is 49.4 Å². The van der Waals surface area contributed by atoms with Crippen LogP contribution in [-0.4, -0.2) is 43.7 Å². The Kier molecular flexibility index (Phi) is 3.02. The van der Waals surface area contributed by atoms with Gasteiger partial charge in [0.2, 0.25) is 10.0 Å². The summed E-state index contributed by atoms with van der Waals surface area (Å²) in [6.07, 6.45) is 3.45. The molecule has 0 radical (unpaired) electrons. The van der Waals surface area contributed by atoms with Gasteiger partial charge in [0.15, 0.2) is 0 Å². The molecule has 1 aliphatic carbocycles. The number of hydrogen-bond donors (Lipinski definition) is 1. The highest BCUT2D eigenvalue weighted by molar-refractivity contribution is 7.90. The number of rotatable bonds is 4. The third kappa shape index (κ3) is 2.59. The Balaban J connectivity index is 1.83. The van der Waals surface area contributed by atoms with Crippen LogP contribution < -0.4 is 4.72 Å². The van der Waals surface area contributed by atoms with E-state index < -0.39 is 10.0 Å². The molecule has 1 aliphatic heterocycles. The van der Waals surface area contributed by atoms with E-state index in [4.69, 9.17) is 11.6 Å². The summed E-state index contributed by atoms with van der Waals surface area (Å²) in [5, 5.41) is -0.340. The highest BCUT2D eigenvalue weighted by atomic mass is 35.5. The number of nitrogens with one attached hydrogen (secondary N) is 1. The van der Waals surface area contributed by atoms with Crippen LogP contribution in [0.4, 0.5) is 0 Å². The van der Waals surface area contributed by atoms with Crippen molar-refractivity contribution in [2.75, 3.05) is 18.3 Å². The second-order valence-electron chi connectivity index (χ2n) is 4.05. The Labute approximate surface area is 89.7 Å². The van der Waals surface area contributed by atoms with Crippen LogP contribution in [0.1, 0.15) is 19.3 Å². The van der Waals surface area contributed by atoms with Crippen LogP contribution in [0.2, 0.25) is 0 Å². The first-order chi connectivity index (χ1) is 6.61. The minimum atomic E-state index is -3.24. The monoisotopic (exact) mass is 238 g/mol. The molecule has 2 fully saturated rings. The number of likely N-dealkylation sites (tertiary alicyclic amines) is 1. The molecule has 82 valence electrons. The molecule has 1 heterocycles. The second-order valence-corrected chi connectivity index (χ2v) is 6.39. The molecule has 1 N–H and O–H groups in total. The summed E-state index contributed by atoms with van der Waals surface area (Å²) in [5.41, 5.74) is 0. The van der Waals surface area contributed by atoms with Gasteiger partial charge in [-0.1, -0.05) is 0 Å². The van der Waals surface area contributed by atoms with E-state index >= 15 is 0 Å². The average Bonchev–Trinajstić information content (AvgIpc) is 2.89. The molecule has 6 heteroatoms. The van der Waals surface area contributed by atoms with Gasteiger partial charge in [0.25, 0.3) is 0 Å². The van der Waals surface area contributed by atoms with E-state index in [-0.39, 0.29) is 11.3 Å². The predicted molar refractivity (Wildman–Crippen MR) is 55.8 cm³/mol. The summed E-state index contributed by atoms with van der Waals surface area (Å²) in [7, 11) is -3.24. The van der Waals surface area contributed by atoms with Gasteiger partial charge in [0.1, 0.15) is 5.21 Å². The van der Waals surface area contributed by atoms with Crippen LogP contribution in [0.5, 0.6) is 0 Å². The van der Waals surface area contributed by atoms with Gasteiger partial charge in [-0.25, -0.2) is 13.1 Å². The van der Waals surface area contributed by atoms with Crippen molar-refractivity contribution in [3.05, 3.63) is 0 Å². The lowest BCUT2D eigenvalue weighted by Gasteiger charge is -2.15. The van der Waals surface area contributed by atoms with Crippen LogP contribution >= 0.6 is 11.6 Å². The van der Waals surface area contributed by atoms with Crippen molar-refractivity contribution in [3.63, 3.8) is 0 Å². The lowest BCUT2D eigenvalue weighted by Crippen LogP contribution is -2.37. The first kappa shape index (κ1) is 10.7. The van der Waals surface area contributed by atoms with Gasteiger partial charge in [-0.05, 0) is 19.3 Å². The maximum absolute atomic E-state index is 11.2. The van der Waals surface area contributed by atoms with Gasteiger partial charge in [0, 0.05) is 25.2 Å². The van der Waals surface area contributed by atoms with E-state index in [1.165, 1.54) is 12.8 Å². The zero-order chi connectivity index (χ0) is 10.2. The zero-order valence-electron chi connectivity index (χ0n) is 7.95. The lowest BCUT2D eigenvalue weighted by molar-refractivity contribution is 0.322. The average molecular weight is 239 g/mol. The summed E-state index contributed by atoms with van der Waals surface area (Å²) >= 11 is 5.32. The van der Waals surface area contributed by atoms with Crippen LogP contribution in [0.15, 0.2) is 0 Å². The number of alkyl halides is 1. The summed E-state index contributed by atoms with van der Waals surface area (Å²) in [4.78, 5) is 2.36. The SMILES string of the molecule is O=S(=O)(CCl)NC1CCN(C2CC2)C1. The van der Waals surface area contributed by atoms with Crippen molar-refractivity contribution in [1.82, 2.24) is 9.62 Å². The third-order valence-electron chi connectivity index (χ3n) is 2.77. The van der Waals surface area contributed by atoms with Gasteiger partial charge in [-0.3, -0.25) is 4.90 Å². The smallest absolute Gasteiger partial charge is 0.225 e. The van der Waals surface area contributed by atoms with Crippen molar-refractivity contribution in [2.24, 2.45) is 0 Å². The normalized spacial score (nSPS) is 29.6. The molecule has 0 aromatic heterocycles. The molecule has 2 rings (SSSR count). The van der Waals surface area contributed by atoms with Crippen molar-refractivity contribution in [1.29, 1.82) is 0 Å². The third-order valence-corrected chi connectivity index (χ3v) is 4.61. The fraction of sp³-hybridized carbons (Fsp3) is 1.00. The van der Waals surface area contributed by atoms with Gasteiger partial charge in [-0.15, -0.1) is 11.6 Å². The van der Waals surface area contributed by atoms with Crippen LogP contribution in [0.3, 0.4) is 0 Å². The maximum Gasteiger partial charge on any atom is 0.225 e. The largest absolute Gasteiger partial charge is 0.299 e. The minimum absolute atomic E-state index is 0.0688. The zero-order valence-corrected chi connectivity index (χ0v) is 9.52. The Hall–Kier alpha value is 0.160. The molecule has 4 nitrogen and oxygen atoms in total. The fourth-order valence-electron chi connectivity index (χ4n) is 1.94. The van der Waals surface area contributed by atoms with E-state index in [1.54, 1.807) is 0 Å². The molecule has 0 amide bonds. The Morgan fingerprint density at radius 3 is 2.64 bits per heavy atom. The van der Waals surface area contributed by atoms with Crippen LogP contribution in [-0.2, 0) is 10.0 Å². The van der Waals surface area contributed by atoms with E-state index in [9.17, 15) is 8.42 Å². The van der Waals surface area contributed by atoms with Gasteiger partial charge in [0.05, 0.1) is 0 Å². The molecule has 1 saturated heterocycles. The quantitative estimate of drug-likeness (QED) is 0.719. The van der Waals surface area contributed by atoms with E-state index in [0.717, 1.165) is 25.6 Å². The van der Waals surface area contributed by atoms with Crippen molar-refractivity contribution >= 4 is 21.6 Å². The molecule has 0 aromatic carbocycles. The van der Waals surface area contributed by atoms with E-state index in [2.05, 4.69) is 9.62 Å². The standard InChI is InChI=1S/C8H15ClN2O2S/c9-6-14(12,13)10-7-3-4-11(5-7)8-1-2-8/h7-8,10H,1-6H2. The molecular formula is C8H15ClN2O2S. The fourth-order valence-corrected chi connectivity index (χ4v) is 2.89. The molecule has 1 unspecified atom stereocenters. The van der Waals surface area contributed by atoms with E-state index in [0.29, 0.717) is 0 Å². The molecule has 14 heavy (non-hydrogen) atoms. The van der Waals surface area contributed by atoms with Crippen LogP contribution in [0.25, 0.3) is 0 Å². The molecule has 2 aliphatic rings. The van der Waals surface area contributed by atoms with E-state index in [1.807, 2.05) is 0 Å². The van der Waals surface area contributed by atoms with Crippen molar-refractivity contribution < 1.29 is 8.42 Å². The predicted octanol–water partition coefficient (Wildman–Crippen LogP) is 0.339. The minimum Gasteiger partial charge on any atom is -0.299 e. The molecule has 0 bridgehead atoms. The Bertz CT molecular complexity index is 302. The summed E-state index contributed by atoms with van der Waals surface area (Å²) in [5.74, 6) is 0. The Morgan fingerprint density at radius 1 is 1.36 bits per heavy atom. The second kappa shape index (κ2) is 3.96. The summed E-state index contributed by atoms with van der Waals surface area (Å²) in [6.45, 7) is 1.86. The number of halogens is 1. The summed E-state index contributed by atoms with van der Waals surface area (Å²) in [6, 6.07) is 0.792. The molecule has 0 spiro atoms.